The smallest absolute Gasteiger partial charge is 0.392 e. The lowest BCUT2D eigenvalue weighted by Gasteiger charge is -2.20. The lowest BCUT2D eigenvalue weighted by Crippen LogP contribution is -2.32. The topological polar surface area (TPSA) is 151 Å². The maximum Gasteiger partial charge on any atom is 0.421 e. The van der Waals surface area contributed by atoms with E-state index in [1.54, 1.807) is 130 Å². The molecule has 3 N–H and O–H groups in total. The number of fused-ring (bicyclic) bond motifs is 11. The molecule has 5 heterocycles. The summed E-state index contributed by atoms with van der Waals surface area (Å²) < 4.78 is 219. The number of nitrogens with zero attached hydrogens (tertiary/aromatic N) is 12. The van der Waals surface area contributed by atoms with E-state index in [0.717, 1.165) is 128 Å². The molecule has 0 aliphatic rings. The van der Waals surface area contributed by atoms with Crippen LogP contribution in [0.1, 0.15) is 89.0 Å². The molecule has 0 bridgehead atoms. The monoisotopic (exact) mass is 2030 g/mol. The van der Waals surface area contributed by atoms with Crippen LogP contribution in [0, 0.1) is 55.4 Å². The van der Waals surface area contributed by atoms with Crippen LogP contribution in [0.5, 0.6) is 0 Å². The van der Waals surface area contributed by atoms with Gasteiger partial charge in [0.05, 0.1) is 82.0 Å². The van der Waals surface area contributed by atoms with Crippen LogP contribution in [-0.4, -0.2) is 68.4 Å². The molecule has 5 aromatic heterocycles. The van der Waals surface area contributed by atoms with E-state index >= 15 is 0 Å². The molecule has 21 aromatic rings. The summed E-state index contributed by atoms with van der Waals surface area (Å²) in [6.45, 7) is 15.3. The Bertz CT molecular complexity index is 8970. The van der Waals surface area contributed by atoms with Gasteiger partial charge in [0.1, 0.15) is 56.3 Å². The van der Waals surface area contributed by atoms with Crippen molar-refractivity contribution in [1.82, 2.24) is 24.9 Å². The maximum absolute atomic E-state index is 14.3. The number of hydrogen-bond acceptors (Lipinski definition) is 10. The fraction of sp³-hybridized carbons (Fsp3) is 0.210. The third kappa shape index (κ3) is 19.7. The van der Waals surface area contributed by atoms with Gasteiger partial charge in [-0.15, -0.1) is 0 Å². The molecule has 0 amide bonds. The van der Waals surface area contributed by atoms with Gasteiger partial charge in [-0.25, -0.2) is 22.8 Å². The molecule has 0 saturated carbocycles. The molecule has 0 spiro atoms. The Balaban J connectivity index is 0.000000127. The molecule has 0 aliphatic heterocycles. The number of aromatic nitrogens is 10. The van der Waals surface area contributed by atoms with Crippen LogP contribution in [0.15, 0.2) is 268 Å². The summed E-state index contributed by atoms with van der Waals surface area (Å²) in [5, 5.41) is 38.1. The molecular weight excluding hydrogens is 1930 g/mol. The maximum atomic E-state index is 14.3. The SMILES string of the molecule is Cc1c(-c2c3cc4ccccc4c(C(F)(F)F)c3nc[n+]2C)cc(CO)c2ccccc12.Cc1c(-c2c3cc4ccccc4c(C(F)(F)F)c3nc[n+]2C)cc(N(C)C)c2ccccc12.Cc1cc(CO)cc(-c2c3cc4ccccc4c(C(F)(F)F)c3nc[n+]2C)c1C.Cc1cc(CO)cc(-c2c3cccc(C(F)(F)F)c3nc[n+]2C)c1C.Cc1cc(N(C)C)cc(-c2c3cc4ccccc4c(C(F)(F)F)c3nc[n+]2C)c1C. The number of alkyl halides is 15. The first-order valence-corrected chi connectivity index (χ1v) is 47.5. The van der Waals surface area contributed by atoms with E-state index < -0.39 is 58.7 Å². The third-order valence-electron chi connectivity index (χ3n) is 28.0. The molecule has 149 heavy (non-hydrogen) atoms. The Kier molecular flexibility index (Phi) is 28.4. The number of aliphatic hydroxyl groups is 3. The van der Waals surface area contributed by atoms with Crippen LogP contribution in [0.2, 0.25) is 0 Å². The fourth-order valence-corrected chi connectivity index (χ4v) is 20.5. The summed E-state index contributed by atoms with van der Waals surface area (Å²) >= 11 is 0. The van der Waals surface area contributed by atoms with E-state index in [-0.39, 0.29) is 68.9 Å². The number of hydrogen-bond donors (Lipinski definition) is 3. The Morgan fingerprint density at radius 3 is 0.839 bits per heavy atom. The Morgan fingerprint density at radius 1 is 0.248 bits per heavy atom. The Labute approximate surface area is 847 Å². The quantitative estimate of drug-likeness (QED) is 0.0686. The largest absolute Gasteiger partial charge is 0.421 e. The standard InChI is InChI=1S/C27H23F3N3.C26H20F3N2O.C24H23F3N3.C23H20F3N2O.C19H18F3N2O/c1-16-18-10-7-8-12-20(18)23(32(2)3)14-21(16)26-22-13-17-9-5-6-11-19(17)24(27(28,29)30)25(22)31-15-33(26)4;1-15-18-8-5-6-9-19(18)17(13-32)12-21(15)25-22-11-16-7-3-4-10-20(16)23(26(27,28)29)24(22)30-14-31(25)2;1-14-10-17(29(3)4)12-19(15(14)2)23-20-11-16-8-6-7-9-18(16)21(24(25,26)27)22(20)28-13-30(23)5;1-13-8-15(11-29)9-18(14(13)2)22-19-10-16-6-4-5-7-17(16)20(23(24,25)26)21(19)27-12-28(22)3;1-11-7-13(9-25)8-15(12(11)2)18-14-5-4-6-16(19(20,21)22)17(14)23-10-24(18)3/h5-15H,1-4H3;3-12,14,32H,13H2,1-2H3;6-13H,1-5H3;4-10,12,29H,11H2,1-3H3;4-8,10,25H,9H2,1-3H3/q5*+1. The van der Waals surface area contributed by atoms with E-state index in [1.165, 1.54) is 62.0 Å². The molecule has 21 rings (SSSR count). The summed E-state index contributed by atoms with van der Waals surface area (Å²) in [6, 6.07) is 68.8. The first-order chi connectivity index (χ1) is 70.5. The van der Waals surface area contributed by atoms with Crippen LogP contribution >= 0.6 is 0 Å². The minimum absolute atomic E-state index is 0.0263. The van der Waals surface area contributed by atoms with Gasteiger partial charge in [-0.1, -0.05) is 164 Å². The van der Waals surface area contributed by atoms with Gasteiger partial charge in [-0.05, 0) is 274 Å². The van der Waals surface area contributed by atoms with E-state index in [0.29, 0.717) is 76.8 Å². The van der Waals surface area contributed by atoms with Crippen molar-refractivity contribution < 1.29 is 104 Å². The summed E-state index contributed by atoms with van der Waals surface area (Å²) in [6.07, 6.45) is -15.4. The minimum atomic E-state index is -4.56. The number of para-hydroxylation sites is 1. The van der Waals surface area contributed by atoms with Gasteiger partial charge in [0.2, 0.25) is 0 Å². The van der Waals surface area contributed by atoms with Gasteiger partial charge in [0.15, 0.2) is 27.6 Å². The minimum Gasteiger partial charge on any atom is -0.392 e. The van der Waals surface area contributed by atoms with Gasteiger partial charge < -0.3 is 25.1 Å². The summed E-state index contributed by atoms with van der Waals surface area (Å²) in [5.74, 6) is 0. The van der Waals surface area contributed by atoms with Crippen molar-refractivity contribution in [2.45, 2.75) is 106 Å². The molecule has 0 unspecified atom stereocenters. The fourth-order valence-electron chi connectivity index (χ4n) is 20.5. The van der Waals surface area contributed by atoms with Crippen molar-refractivity contribution >= 4 is 131 Å². The van der Waals surface area contributed by atoms with E-state index in [1.807, 2.05) is 197 Å². The number of anilines is 2. The van der Waals surface area contributed by atoms with Crippen LogP contribution in [0.25, 0.3) is 175 Å². The number of aliphatic hydroxyl groups excluding tert-OH is 3. The first-order valence-electron chi connectivity index (χ1n) is 47.5. The molecule has 758 valence electrons. The Hall–Kier alpha value is -15.8. The zero-order valence-electron chi connectivity index (χ0n) is 84.4. The molecule has 0 fully saturated rings. The third-order valence-corrected chi connectivity index (χ3v) is 28.0. The first kappa shape index (κ1) is 105. The predicted octanol–water partition coefficient (Wildman–Crippen LogP) is 26.7. The van der Waals surface area contributed by atoms with Crippen LogP contribution in [0.4, 0.5) is 77.2 Å². The second-order valence-corrected chi connectivity index (χ2v) is 37.9. The normalized spacial score (nSPS) is 12.1. The van der Waals surface area contributed by atoms with Gasteiger partial charge in [0, 0.05) is 72.8 Å². The molecule has 15 nitrogen and oxygen atoms in total. The lowest BCUT2D eigenvalue weighted by atomic mass is 9.91. The van der Waals surface area contributed by atoms with Crippen molar-refractivity contribution in [3.63, 3.8) is 0 Å². The molecule has 0 aliphatic carbocycles. The van der Waals surface area contributed by atoms with Crippen molar-refractivity contribution in [2.24, 2.45) is 35.2 Å². The predicted molar refractivity (Wildman–Crippen MR) is 556 cm³/mol. The number of halogens is 15. The van der Waals surface area contributed by atoms with Crippen molar-refractivity contribution in [2.75, 3.05) is 38.0 Å². The number of aryl methyl sites for hydroxylation is 10. The van der Waals surface area contributed by atoms with Crippen LogP contribution < -0.4 is 32.6 Å². The van der Waals surface area contributed by atoms with E-state index in [4.69, 9.17) is 0 Å². The summed E-state index contributed by atoms with van der Waals surface area (Å²) in [4.78, 5) is 24.9. The van der Waals surface area contributed by atoms with Gasteiger partial charge >= 0.3 is 30.9 Å². The molecular formula is C119H104F15N12O3+5. The van der Waals surface area contributed by atoms with Crippen LogP contribution in [-0.2, 0) is 85.9 Å². The molecule has 0 saturated heterocycles. The highest BCUT2D eigenvalue weighted by Crippen LogP contribution is 2.50. The second kappa shape index (κ2) is 40.5. The average Bonchev–Trinajstić information content (AvgIpc) is 0.735. The van der Waals surface area contributed by atoms with Crippen molar-refractivity contribution in [3.8, 4) is 56.3 Å². The van der Waals surface area contributed by atoms with Gasteiger partial charge in [-0.2, -0.15) is 65.9 Å². The number of rotatable bonds is 10. The highest BCUT2D eigenvalue weighted by Gasteiger charge is 2.45. The summed E-state index contributed by atoms with van der Waals surface area (Å²) in [7, 11) is 16.8. The van der Waals surface area contributed by atoms with E-state index in [2.05, 4.69) is 49.2 Å². The van der Waals surface area contributed by atoms with E-state index in [9.17, 15) is 81.2 Å². The van der Waals surface area contributed by atoms with Crippen molar-refractivity contribution in [1.29, 1.82) is 0 Å². The Morgan fingerprint density at radius 2 is 0.523 bits per heavy atom. The highest BCUT2D eigenvalue weighted by atomic mass is 19.4. The second-order valence-electron chi connectivity index (χ2n) is 37.9. The molecule has 0 atom stereocenters. The van der Waals surface area contributed by atoms with Crippen LogP contribution in [0.3, 0.4) is 0 Å². The molecule has 16 aromatic carbocycles. The lowest BCUT2D eigenvalue weighted by molar-refractivity contribution is -0.662. The van der Waals surface area contributed by atoms with Gasteiger partial charge in [-0.3, -0.25) is 0 Å². The zero-order chi connectivity index (χ0) is 107. The molecule has 0 radical (unpaired) electrons. The van der Waals surface area contributed by atoms with Crippen molar-refractivity contribution in [3.05, 3.63) is 357 Å². The molecule has 30 heteroatoms. The average molecular weight is 2040 g/mol. The zero-order valence-corrected chi connectivity index (χ0v) is 84.4. The summed E-state index contributed by atoms with van der Waals surface area (Å²) in [5.41, 5.74) is 15.7. The number of benzene rings is 16. The van der Waals surface area contributed by atoms with Gasteiger partial charge in [0.25, 0.3) is 31.6 Å². The highest BCUT2D eigenvalue weighted by molar-refractivity contribution is 6.12.